The van der Waals surface area contributed by atoms with Crippen molar-refractivity contribution in [1.82, 2.24) is 0 Å². The van der Waals surface area contributed by atoms with Gasteiger partial charge >= 0.3 is 17.1 Å². The summed E-state index contributed by atoms with van der Waals surface area (Å²) in [6, 6.07) is 37.5. The van der Waals surface area contributed by atoms with E-state index < -0.39 is 0 Å². The molecule has 0 aromatic heterocycles. The summed E-state index contributed by atoms with van der Waals surface area (Å²) in [5.41, 5.74) is 0. The van der Waals surface area contributed by atoms with Gasteiger partial charge in [-0.15, -0.1) is 0 Å². The van der Waals surface area contributed by atoms with Gasteiger partial charge in [-0.05, 0) is 0 Å². The number of hydrogen-bond donors (Lipinski definition) is 0. The smallest absolute Gasteiger partial charge is 0.171 e. The summed E-state index contributed by atoms with van der Waals surface area (Å²) >= 11 is 0. The quantitative estimate of drug-likeness (QED) is 0.328. The normalized spacial score (nSPS) is 7.20. The second-order valence-corrected chi connectivity index (χ2v) is 3.23. The summed E-state index contributed by atoms with van der Waals surface area (Å²) in [7, 11) is 0. The third-order valence-corrected chi connectivity index (χ3v) is 1.82. The van der Waals surface area contributed by atoms with Crippen LogP contribution in [0.25, 0.3) is 0 Å². The van der Waals surface area contributed by atoms with Crippen LogP contribution >= 0.6 is 9.90 Å². The first-order valence-corrected chi connectivity index (χ1v) is 5.73. The molecule has 1 radical (unpaired) electrons. The van der Waals surface area contributed by atoms with Crippen molar-refractivity contribution in [2.24, 2.45) is 0 Å². The van der Waals surface area contributed by atoms with E-state index in [0.717, 1.165) is 0 Å². The van der Waals surface area contributed by atoms with Crippen molar-refractivity contribution in [2.45, 2.75) is 0 Å². The molecular weight excluding hydrogens is 311 g/mol. The maximum absolute atomic E-state index is 2.89. The minimum Gasteiger partial charge on any atom is -0.184 e. The van der Waals surface area contributed by atoms with Crippen molar-refractivity contribution in [1.29, 1.82) is 0 Å². The van der Waals surface area contributed by atoms with Crippen LogP contribution in [-0.4, -0.2) is 0 Å². The van der Waals surface area contributed by atoms with Crippen molar-refractivity contribution >= 4 is 9.90 Å². The van der Waals surface area contributed by atoms with Gasteiger partial charge in [-0.2, -0.15) is 119 Å². The van der Waals surface area contributed by atoms with Gasteiger partial charge in [0.2, 0.25) is 0 Å². The molecule has 1 atom stereocenters. The number of hydrogen-bond acceptors (Lipinski definition) is 0. The van der Waals surface area contributed by atoms with Crippen LogP contribution in [0.15, 0.2) is 91.0 Å². The van der Waals surface area contributed by atoms with Crippen LogP contribution in [-0.2, 0) is 17.1 Å². The molecule has 1 unspecified atom stereocenters. The topological polar surface area (TPSA) is 0 Å². The summed E-state index contributed by atoms with van der Waals surface area (Å²) in [5, 5.41) is 0. The third kappa shape index (κ3) is 14.7. The van der Waals surface area contributed by atoms with Gasteiger partial charge in [-0.25, -0.2) is 0 Å². The summed E-state index contributed by atoms with van der Waals surface area (Å²) in [6.07, 6.45) is 0. The molecule has 0 saturated carbocycles. The molecule has 3 rings (SSSR count). The molecule has 0 heterocycles. The van der Waals surface area contributed by atoms with Gasteiger partial charge in [-0.1, -0.05) is 0 Å². The largest absolute Gasteiger partial charge is 0.184 e. The van der Waals surface area contributed by atoms with E-state index in [0.29, 0.717) is 0 Å². The van der Waals surface area contributed by atoms with E-state index in [1.165, 1.54) is 0 Å². The second-order valence-electron chi connectivity index (χ2n) is 3.23. The molecule has 3 aromatic carbocycles. The minimum absolute atomic E-state index is 0. The SMILES string of the molecule is P.[CuH].[c-]1ccccc1.[c-]1ccccc1.[c-]1ccccc1. The Morgan fingerprint density at radius 1 is 0.350 bits per heavy atom. The predicted molar refractivity (Wildman–Crippen MR) is 88.3 cm³/mol. The molecular formula is C18H19CuP-3. The summed E-state index contributed by atoms with van der Waals surface area (Å²) in [4.78, 5) is 0. The molecule has 3 aromatic rings. The zero-order valence-corrected chi connectivity index (χ0v) is 13.6. The fourth-order valence-electron chi connectivity index (χ4n) is 1.03. The molecule has 0 fully saturated rings. The zero-order valence-electron chi connectivity index (χ0n) is 11.2. The summed E-state index contributed by atoms with van der Waals surface area (Å²) in [5.74, 6) is 0. The molecule has 0 nitrogen and oxygen atoms in total. The first-order chi connectivity index (χ1) is 9.00. The molecule has 0 amide bonds. The molecule has 0 bridgehead atoms. The fourth-order valence-corrected chi connectivity index (χ4v) is 1.03. The van der Waals surface area contributed by atoms with Crippen molar-refractivity contribution in [3.8, 4) is 0 Å². The molecule has 0 N–H and O–H groups in total. The molecule has 0 aliphatic heterocycles. The predicted octanol–water partition coefficient (Wildman–Crippen LogP) is 4.25. The van der Waals surface area contributed by atoms with Gasteiger partial charge in [0.15, 0.2) is 0 Å². The van der Waals surface area contributed by atoms with Crippen LogP contribution in [0.1, 0.15) is 0 Å². The van der Waals surface area contributed by atoms with E-state index in [4.69, 9.17) is 0 Å². The maximum Gasteiger partial charge on any atom is -0.171 e. The summed E-state index contributed by atoms with van der Waals surface area (Å²) < 4.78 is 0. The van der Waals surface area contributed by atoms with Crippen LogP contribution in [0.5, 0.6) is 0 Å². The Morgan fingerprint density at radius 3 is 0.600 bits per heavy atom. The Labute approximate surface area is 136 Å². The van der Waals surface area contributed by atoms with Crippen molar-refractivity contribution in [3.05, 3.63) is 109 Å². The molecule has 0 aliphatic carbocycles. The van der Waals surface area contributed by atoms with Gasteiger partial charge in [-0.3, -0.25) is 0 Å². The summed E-state index contributed by atoms with van der Waals surface area (Å²) in [6.45, 7) is 0. The van der Waals surface area contributed by atoms with E-state index in [2.05, 4.69) is 18.2 Å². The van der Waals surface area contributed by atoms with E-state index in [9.17, 15) is 0 Å². The first kappa shape index (κ1) is 20.9. The van der Waals surface area contributed by atoms with Gasteiger partial charge in [0.1, 0.15) is 0 Å². The number of benzene rings is 3. The fraction of sp³-hybridized carbons (Fsp3) is 0. The van der Waals surface area contributed by atoms with Crippen LogP contribution < -0.4 is 0 Å². The maximum atomic E-state index is 2.89. The van der Waals surface area contributed by atoms with Crippen molar-refractivity contribution < 1.29 is 17.1 Å². The molecule has 2 heteroatoms. The monoisotopic (exact) mass is 329 g/mol. The molecule has 20 heavy (non-hydrogen) atoms. The van der Waals surface area contributed by atoms with Crippen LogP contribution in [0, 0.1) is 18.2 Å². The van der Waals surface area contributed by atoms with Crippen LogP contribution in [0.4, 0.5) is 0 Å². The van der Waals surface area contributed by atoms with E-state index in [-0.39, 0.29) is 27.0 Å². The Kier molecular flexibility index (Phi) is 18.4. The molecule has 0 spiro atoms. The van der Waals surface area contributed by atoms with E-state index >= 15 is 0 Å². The van der Waals surface area contributed by atoms with E-state index in [1.54, 1.807) is 0 Å². The Bertz CT molecular complexity index is 302. The van der Waals surface area contributed by atoms with Crippen LogP contribution in [0.2, 0.25) is 0 Å². The average Bonchev–Trinajstić information content (AvgIpc) is 2.54. The van der Waals surface area contributed by atoms with E-state index in [1.807, 2.05) is 91.0 Å². The van der Waals surface area contributed by atoms with Gasteiger partial charge < -0.3 is 0 Å². The Morgan fingerprint density at radius 2 is 0.550 bits per heavy atom. The van der Waals surface area contributed by atoms with Crippen molar-refractivity contribution in [3.63, 3.8) is 0 Å². The first-order valence-electron chi connectivity index (χ1n) is 5.73. The third-order valence-electron chi connectivity index (χ3n) is 1.82. The van der Waals surface area contributed by atoms with Gasteiger partial charge in [0.25, 0.3) is 0 Å². The molecule has 0 saturated heterocycles. The average molecular weight is 330 g/mol. The second kappa shape index (κ2) is 17.6. The zero-order chi connectivity index (χ0) is 12.7. The Balaban J connectivity index is 0. The Hall–Kier alpha value is -1.39. The molecule has 110 valence electrons. The van der Waals surface area contributed by atoms with Crippen LogP contribution in [0.3, 0.4) is 0 Å². The standard InChI is InChI=1S/3C6H5.Cu.H3P.H/c3*1-2-4-6-5-3-1;;;/h3*1-5H;;1H3;/q3*-1;;;. The van der Waals surface area contributed by atoms with Gasteiger partial charge in [0, 0.05) is 0 Å². The van der Waals surface area contributed by atoms with Gasteiger partial charge in [0.05, 0.1) is 0 Å². The van der Waals surface area contributed by atoms with Crippen molar-refractivity contribution in [2.75, 3.05) is 0 Å². The molecule has 0 aliphatic rings. The minimum atomic E-state index is 0. The number of rotatable bonds is 0.